The van der Waals surface area contributed by atoms with Crippen LogP contribution in [0.25, 0.3) is 10.9 Å². The number of hydrogen-bond acceptors (Lipinski definition) is 3. The number of aryl methyl sites for hydroxylation is 3. The minimum atomic E-state index is -3.85. The monoisotopic (exact) mass is 374 g/mol. The molecule has 0 bridgehead atoms. The molecule has 0 amide bonds. The van der Waals surface area contributed by atoms with E-state index in [9.17, 15) is 17.6 Å². The SMILES string of the molecule is Cc1cc(S(=O)(=O)NCc2cc3ccc(C)c(C)c3[nH]c2=O)ccc1F. The van der Waals surface area contributed by atoms with Gasteiger partial charge in [-0.15, -0.1) is 0 Å². The maximum absolute atomic E-state index is 13.3. The first-order chi connectivity index (χ1) is 12.2. The van der Waals surface area contributed by atoms with Gasteiger partial charge in [0.15, 0.2) is 0 Å². The van der Waals surface area contributed by atoms with Crippen LogP contribution < -0.4 is 10.3 Å². The first kappa shape index (κ1) is 18.3. The number of H-pyrrole nitrogens is 1. The lowest BCUT2D eigenvalue weighted by molar-refractivity contribution is 0.579. The quantitative estimate of drug-likeness (QED) is 0.737. The molecule has 0 atom stereocenters. The molecular formula is C19H19FN2O3S. The summed E-state index contributed by atoms with van der Waals surface area (Å²) in [6.45, 7) is 5.22. The summed E-state index contributed by atoms with van der Waals surface area (Å²) in [6, 6.07) is 9.08. The summed E-state index contributed by atoms with van der Waals surface area (Å²) < 4.78 is 40.5. The predicted octanol–water partition coefficient (Wildman–Crippen LogP) is 3.07. The Balaban J connectivity index is 1.91. The molecule has 0 radical (unpaired) electrons. The Kier molecular flexibility index (Phi) is 4.68. The summed E-state index contributed by atoms with van der Waals surface area (Å²) in [5.41, 5.74) is 2.99. The van der Waals surface area contributed by atoms with Gasteiger partial charge in [0.25, 0.3) is 5.56 Å². The van der Waals surface area contributed by atoms with Crippen LogP contribution in [0.4, 0.5) is 4.39 Å². The maximum atomic E-state index is 13.3. The van der Waals surface area contributed by atoms with E-state index >= 15 is 0 Å². The first-order valence-corrected chi connectivity index (χ1v) is 9.55. The Morgan fingerprint density at radius 1 is 1.04 bits per heavy atom. The van der Waals surface area contributed by atoms with Gasteiger partial charge in [-0.2, -0.15) is 0 Å². The number of aromatic amines is 1. The molecule has 0 aliphatic rings. The fourth-order valence-electron chi connectivity index (χ4n) is 2.74. The highest BCUT2D eigenvalue weighted by atomic mass is 32.2. The van der Waals surface area contributed by atoms with Gasteiger partial charge in [-0.05, 0) is 67.1 Å². The number of sulfonamides is 1. The lowest BCUT2D eigenvalue weighted by Gasteiger charge is -2.10. The molecule has 26 heavy (non-hydrogen) atoms. The minimum absolute atomic E-state index is 0.0416. The van der Waals surface area contributed by atoms with Gasteiger partial charge in [0.1, 0.15) is 5.82 Å². The zero-order chi connectivity index (χ0) is 19.1. The molecule has 1 aromatic heterocycles. The number of benzene rings is 2. The molecular weight excluding hydrogens is 355 g/mol. The summed E-state index contributed by atoms with van der Waals surface area (Å²) in [5, 5.41) is 0.833. The van der Waals surface area contributed by atoms with Crippen LogP contribution in [0, 0.1) is 26.6 Å². The first-order valence-electron chi connectivity index (χ1n) is 8.07. The van der Waals surface area contributed by atoms with Crippen molar-refractivity contribution < 1.29 is 12.8 Å². The van der Waals surface area contributed by atoms with E-state index < -0.39 is 15.8 Å². The normalized spacial score (nSPS) is 11.8. The molecule has 0 fully saturated rings. The van der Waals surface area contributed by atoms with Crippen molar-refractivity contribution in [2.45, 2.75) is 32.2 Å². The highest BCUT2D eigenvalue weighted by Gasteiger charge is 2.16. The number of fused-ring (bicyclic) bond motifs is 1. The average molecular weight is 374 g/mol. The molecule has 5 nitrogen and oxygen atoms in total. The lowest BCUT2D eigenvalue weighted by atomic mass is 10.0. The van der Waals surface area contributed by atoms with E-state index in [-0.39, 0.29) is 22.6 Å². The average Bonchev–Trinajstić information content (AvgIpc) is 2.59. The van der Waals surface area contributed by atoms with Gasteiger partial charge in [0.05, 0.1) is 10.4 Å². The van der Waals surface area contributed by atoms with Crippen molar-refractivity contribution in [3.8, 4) is 0 Å². The van der Waals surface area contributed by atoms with Crippen molar-refractivity contribution in [3.63, 3.8) is 0 Å². The molecule has 0 aliphatic heterocycles. The maximum Gasteiger partial charge on any atom is 0.252 e. The summed E-state index contributed by atoms with van der Waals surface area (Å²) in [4.78, 5) is 15.1. The third kappa shape index (κ3) is 3.40. The number of halogens is 1. The van der Waals surface area contributed by atoms with Crippen LogP contribution in [0.2, 0.25) is 0 Å². The fraction of sp³-hybridized carbons (Fsp3) is 0.211. The molecule has 7 heteroatoms. The Hall–Kier alpha value is -2.51. The third-order valence-corrected chi connectivity index (χ3v) is 5.92. The van der Waals surface area contributed by atoms with Gasteiger partial charge in [-0.3, -0.25) is 4.79 Å². The van der Waals surface area contributed by atoms with Crippen molar-refractivity contribution >= 4 is 20.9 Å². The molecule has 0 saturated heterocycles. The van der Waals surface area contributed by atoms with Gasteiger partial charge in [0, 0.05) is 12.1 Å². The van der Waals surface area contributed by atoms with E-state index in [1.165, 1.54) is 19.1 Å². The van der Waals surface area contributed by atoms with E-state index in [0.29, 0.717) is 5.56 Å². The van der Waals surface area contributed by atoms with Gasteiger partial charge in [-0.25, -0.2) is 17.5 Å². The third-order valence-electron chi connectivity index (χ3n) is 4.52. The molecule has 136 valence electrons. The highest BCUT2D eigenvalue weighted by Crippen LogP contribution is 2.19. The Morgan fingerprint density at radius 3 is 2.46 bits per heavy atom. The molecule has 3 rings (SSSR count). The molecule has 2 aromatic carbocycles. The van der Waals surface area contributed by atoms with E-state index in [2.05, 4.69) is 9.71 Å². The molecule has 0 saturated carbocycles. The Labute approximate surface area is 150 Å². The van der Waals surface area contributed by atoms with Gasteiger partial charge in [0.2, 0.25) is 10.0 Å². The van der Waals surface area contributed by atoms with Gasteiger partial charge < -0.3 is 4.98 Å². The molecule has 0 spiro atoms. The molecule has 2 N–H and O–H groups in total. The zero-order valence-electron chi connectivity index (χ0n) is 14.7. The van der Waals surface area contributed by atoms with E-state index in [1.54, 1.807) is 6.07 Å². The van der Waals surface area contributed by atoms with Crippen molar-refractivity contribution in [1.82, 2.24) is 9.71 Å². The van der Waals surface area contributed by atoms with Crippen molar-refractivity contribution in [2.24, 2.45) is 0 Å². The molecule has 3 aromatic rings. The standard InChI is InChI=1S/C19H19FN2O3S/c1-11-4-5-14-9-15(19(23)22-18(14)13(11)3)10-21-26(24,25)16-6-7-17(20)12(2)8-16/h4-9,21H,10H2,1-3H3,(H,22,23). The van der Waals surface area contributed by atoms with Crippen LogP contribution in [-0.2, 0) is 16.6 Å². The number of nitrogens with one attached hydrogen (secondary N) is 2. The van der Waals surface area contributed by atoms with Crippen LogP contribution >= 0.6 is 0 Å². The van der Waals surface area contributed by atoms with Gasteiger partial charge in [-0.1, -0.05) is 12.1 Å². The summed E-state index contributed by atoms with van der Waals surface area (Å²) >= 11 is 0. The summed E-state index contributed by atoms with van der Waals surface area (Å²) in [5.74, 6) is -0.472. The van der Waals surface area contributed by atoms with Crippen LogP contribution in [-0.4, -0.2) is 13.4 Å². The fourth-order valence-corrected chi connectivity index (χ4v) is 3.83. The van der Waals surface area contributed by atoms with E-state index in [0.717, 1.165) is 28.1 Å². The van der Waals surface area contributed by atoms with Crippen molar-refractivity contribution in [2.75, 3.05) is 0 Å². The number of aromatic nitrogens is 1. The number of rotatable bonds is 4. The van der Waals surface area contributed by atoms with E-state index in [1.807, 2.05) is 26.0 Å². The smallest absolute Gasteiger partial charge is 0.252 e. The van der Waals surface area contributed by atoms with Gasteiger partial charge >= 0.3 is 0 Å². The Morgan fingerprint density at radius 2 is 1.77 bits per heavy atom. The number of hydrogen-bond donors (Lipinski definition) is 2. The summed E-state index contributed by atoms with van der Waals surface area (Å²) in [7, 11) is -3.85. The lowest BCUT2D eigenvalue weighted by Crippen LogP contribution is -2.27. The molecule has 1 heterocycles. The van der Waals surface area contributed by atoms with Crippen LogP contribution in [0.1, 0.15) is 22.3 Å². The minimum Gasteiger partial charge on any atom is -0.321 e. The second-order valence-electron chi connectivity index (χ2n) is 6.33. The molecule has 0 unspecified atom stereocenters. The zero-order valence-corrected chi connectivity index (χ0v) is 15.5. The topological polar surface area (TPSA) is 79.0 Å². The number of pyridine rings is 1. The van der Waals surface area contributed by atoms with Crippen LogP contribution in [0.3, 0.4) is 0 Å². The van der Waals surface area contributed by atoms with Crippen molar-refractivity contribution in [3.05, 3.63) is 74.8 Å². The largest absolute Gasteiger partial charge is 0.321 e. The second-order valence-corrected chi connectivity index (χ2v) is 8.10. The Bertz CT molecular complexity index is 1170. The predicted molar refractivity (Wildman–Crippen MR) is 99.2 cm³/mol. The summed E-state index contributed by atoms with van der Waals surface area (Å²) in [6.07, 6.45) is 0. The highest BCUT2D eigenvalue weighted by molar-refractivity contribution is 7.89. The van der Waals surface area contributed by atoms with Crippen LogP contribution in [0.5, 0.6) is 0 Å². The van der Waals surface area contributed by atoms with Crippen LogP contribution in [0.15, 0.2) is 46.1 Å². The second kappa shape index (κ2) is 6.66. The van der Waals surface area contributed by atoms with Crippen molar-refractivity contribution in [1.29, 1.82) is 0 Å². The molecule has 0 aliphatic carbocycles. The van der Waals surface area contributed by atoms with E-state index in [4.69, 9.17) is 0 Å².